The molecule has 0 bridgehead atoms. The van der Waals surface area contributed by atoms with Crippen LogP contribution in [0.15, 0.2) is 228 Å². The summed E-state index contributed by atoms with van der Waals surface area (Å²) < 4.78 is 11.1. The number of aromatic nitrogens is 8. The zero-order chi connectivity index (χ0) is 47.8. The summed E-state index contributed by atoms with van der Waals surface area (Å²) in [5, 5.41) is 15.2. The summed E-state index contributed by atoms with van der Waals surface area (Å²) in [7, 11) is 0. The number of oxazole rings is 2. The quantitative estimate of drug-likeness (QED) is 0.136. The van der Waals surface area contributed by atoms with Crippen LogP contribution in [-0.2, 0) is 0 Å². The van der Waals surface area contributed by atoms with E-state index < -0.39 is 0 Å². The van der Waals surface area contributed by atoms with Crippen molar-refractivity contribution in [3.05, 3.63) is 219 Å². The zero-order valence-electron chi connectivity index (χ0n) is 38.0. The number of pyridine rings is 4. The van der Waals surface area contributed by atoms with E-state index >= 15 is 0 Å². The van der Waals surface area contributed by atoms with Gasteiger partial charge in [-0.1, -0.05) is 97.1 Å². The van der Waals surface area contributed by atoms with Crippen LogP contribution in [0.25, 0.3) is 132 Å². The van der Waals surface area contributed by atoms with Crippen molar-refractivity contribution in [1.82, 2.24) is 39.9 Å². The van der Waals surface area contributed by atoms with Crippen molar-refractivity contribution in [2.45, 2.75) is 0 Å². The van der Waals surface area contributed by atoms with Crippen LogP contribution in [0.4, 0.5) is 0 Å². The highest BCUT2D eigenvalue weighted by atomic mass is 32.1. The van der Waals surface area contributed by atoms with Crippen molar-refractivity contribution in [2.75, 3.05) is 0 Å². The van der Waals surface area contributed by atoms with Crippen molar-refractivity contribution < 1.29 is 8.83 Å². The van der Waals surface area contributed by atoms with Crippen molar-refractivity contribution in [2.24, 2.45) is 0 Å². The third kappa shape index (κ3) is 7.77. The molecule has 0 atom stereocenters. The predicted octanol–water partition coefficient (Wildman–Crippen LogP) is 15.8. The highest BCUT2D eigenvalue weighted by Gasteiger charge is 2.21. The van der Waals surface area contributed by atoms with Gasteiger partial charge in [0.25, 0.3) is 0 Å². The summed E-state index contributed by atoms with van der Waals surface area (Å²) in [6.07, 6.45) is 25.1. The minimum Gasteiger partial charge on any atom is -0.444 e. The molecule has 0 amide bonds. The smallest absolute Gasteiger partial charge is 0.227 e. The Morgan fingerprint density at radius 2 is 0.569 bits per heavy atom. The largest absolute Gasteiger partial charge is 0.444 e. The molecule has 72 heavy (non-hydrogen) atoms. The Kier molecular flexibility index (Phi) is 11.0. The second-order valence-corrected chi connectivity index (χ2v) is 18.7. The Bertz CT molecular complexity index is 3580. The number of benzene rings is 6. The lowest BCUT2D eigenvalue weighted by Crippen LogP contribution is -1.93. The Balaban J connectivity index is 0.000000140. The van der Waals surface area contributed by atoms with E-state index in [4.69, 9.17) is 8.83 Å². The van der Waals surface area contributed by atoms with Gasteiger partial charge in [-0.2, -0.15) is 0 Å². The average Bonchev–Trinajstić information content (AvgIpc) is 4.32. The Morgan fingerprint density at radius 1 is 0.292 bits per heavy atom. The highest BCUT2D eigenvalue weighted by Crippen LogP contribution is 2.46. The molecule has 0 saturated carbocycles. The number of fused-ring (bicyclic) bond motifs is 4. The fourth-order valence-electron chi connectivity index (χ4n) is 9.74. The van der Waals surface area contributed by atoms with E-state index in [0.29, 0.717) is 11.8 Å². The van der Waals surface area contributed by atoms with Crippen LogP contribution in [-0.4, -0.2) is 39.9 Å². The first kappa shape index (κ1) is 42.7. The first-order chi connectivity index (χ1) is 35.7. The van der Waals surface area contributed by atoms with Gasteiger partial charge in [0.05, 0.1) is 23.5 Å². The maximum Gasteiger partial charge on any atom is 0.227 e. The van der Waals surface area contributed by atoms with Gasteiger partial charge in [-0.15, -0.1) is 22.7 Å². The number of nitrogens with zero attached hydrogens (tertiary/aromatic N) is 8. The van der Waals surface area contributed by atoms with E-state index in [1.165, 1.54) is 32.7 Å². The van der Waals surface area contributed by atoms with E-state index in [0.717, 1.165) is 87.2 Å². The standard InChI is InChI=1S/C30H18N4O2.C30H18N4S2/c2*1-2-6-24-23(5-1)27(19-13-21(17-31-15-19)29-33-9-11-35-29)25-7-3-4-8-26(25)28(24)20-14-22(18-32-16-20)30-34-10-12-36-30/h2*1-18H. The van der Waals surface area contributed by atoms with E-state index in [1.807, 2.05) is 60.3 Å². The van der Waals surface area contributed by atoms with Crippen molar-refractivity contribution >= 4 is 65.8 Å². The molecule has 0 spiro atoms. The Hall–Kier alpha value is -9.36. The summed E-state index contributed by atoms with van der Waals surface area (Å²) in [6, 6.07) is 42.7. The normalized spacial score (nSPS) is 11.3. The van der Waals surface area contributed by atoms with Crippen LogP contribution in [0, 0.1) is 0 Å². The second-order valence-electron chi connectivity index (χ2n) is 16.9. The van der Waals surface area contributed by atoms with Gasteiger partial charge < -0.3 is 8.83 Å². The lowest BCUT2D eigenvalue weighted by Gasteiger charge is -2.18. The number of thiazole rings is 2. The van der Waals surface area contributed by atoms with Gasteiger partial charge in [-0.3, -0.25) is 19.9 Å². The molecule has 0 aliphatic rings. The predicted molar refractivity (Wildman–Crippen MR) is 289 cm³/mol. The lowest BCUT2D eigenvalue weighted by molar-refractivity contribution is 0.574. The van der Waals surface area contributed by atoms with E-state index in [2.05, 4.69) is 161 Å². The fourth-order valence-corrected chi connectivity index (χ4v) is 11.0. The Morgan fingerprint density at radius 3 is 0.833 bits per heavy atom. The van der Waals surface area contributed by atoms with E-state index in [1.54, 1.807) is 60.0 Å². The van der Waals surface area contributed by atoms with Gasteiger partial charge in [0.15, 0.2) is 0 Å². The molecule has 0 radical (unpaired) electrons. The summed E-state index contributed by atoms with van der Waals surface area (Å²) in [5.74, 6) is 1.09. The van der Waals surface area contributed by atoms with Crippen molar-refractivity contribution in [1.29, 1.82) is 0 Å². The second kappa shape index (κ2) is 18.5. The van der Waals surface area contributed by atoms with Crippen LogP contribution in [0.1, 0.15) is 0 Å². The molecular weight excluding hydrogens is 929 g/mol. The summed E-state index contributed by atoms with van der Waals surface area (Å²) in [5.41, 5.74) is 12.5. The fraction of sp³-hybridized carbons (Fsp3) is 0. The molecule has 340 valence electrons. The first-order valence-corrected chi connectivity index (χ1v) is 24.8. The molecule has 14 aromatic rings. The third-order valence-corrected chi connectivity index (χ3v) is 14.3. The molecule has 0 aliphatic heterocycles. The zero-order valence-corrected chi connectivity index (χ0v) is 39.6. The van der Waals surface area contributed by atoms with E-state index in [9.17, 15) is 0 Å². The first-order valence-electron chi connectivity index (χ1n) is 23.0. The van der Waals surface area contributed by atoms with Gasteiger partial charge in [0, 0.05) is 106 Å². The maximum absolute atomic E-state index is 5.53. The maximum atomic E-state index is 5.53. The van der Waals surface area contributed by atoms with Gasteiger partial charge >= 0.3 is 0 Å². The van der Waals surface area contributed by atoms with Crippen LogP contribution >= 0.6 is 22.7 Å². The summed E-state index contributed by atoms with van der Waals surface area (Å²) in [6.45, 7) is 0. The lowest BCUT2D eigenvalue weighted by atomic mass is 9.86. The SMILES string of the molecule is c1ccc2c(-c3cncc(-c4ncco4)c3)c3ccccc3c(-c3cncc(-c4ncco4)c3)c2c1.c1ccc2c(-c3cncc(-c4nccs4)c3)c3ccccc3c(-c3cncc(-c4nccs4)c3)c2c1. The number of hydrogen-bond donors (Lipinski definition) is 0. The van der Waals surface area contributed by atoms with Crippen molar-refractivity contribution in [3.63, 3.8) is 0 Å². The third-order valence-electron chi connectivity index (χ3n) is 12.7. The molecule has 10 nitrogen and oxygen atoms in total. The molecule has 14 rings (SSSR count). The van der Waals surface area contributed by atoms with E-state index in [-0.39, 0.29) is 0 Å². The minimum atomic E-state index is 0.545. The summed E-state index contributed by atoms with van der Waals surface area (Å²) in [4.78, 5) is 35.9. The topological polar surface area (TPSA) is 129 Å². The monoisotopic (exact) mass is 964 g/mol. The molecule has 0 fully saturated rings. The van der Waals surface area contributed by atoms with Gasteiger partial charge in [0.1, 0.15) is 22.5 Å². The molecule has 8 aromatic heterocycles. The number of rotatable bonds is 8. The molecule has 12 heteroatoms. The van der Waals surface area contributed by atoms with Crippen LogP contribution in [0.3, 0.4) is 0 Å². The minimum absolute atomic E-state index is 0.545. The molecule has 0 unspecified atom stereocenters. The molecule has 0 aliphatic carbocycles. The van der Waals surface area contributed by atoms with Crippen LogP contribution in [0.2, 0.25) is 0 Å². The Labute approximate surface area is 419 Å². The molecule has 8 heterocycles. The highest BCUT2D eigenvalue weighted by molar-refractivity contribution is 7.13. The van der Waals surface area contributed by atoms with Crippen LogP contribution in [0.5, 0.6) is 0 Å². The van der Waals surface area contributed by atoms with Crippen LogP contribution < -0.4 is 0 Å². The summed E-state index contributed by atoms with van der Waals surface area (Å²) >= 11 is 3.25. The molecule has 0 N–H and O–H groups in total. The van der Waals surface area contributed by atoms with Crippen molar-refractivity contribution in [3.8, 4) is 88.6 Å². The molecule has 6 aromatic carbocycles. The average molecular weight is 965 g/mol. The van der Waals surface area contributed by atoms with Gasteiger partial charge in [-0.25, -0.2) is 19.9 Å². The molecule has 0 saturated heterocycles. The van der Waals surface area contributed by atoms with Gasteiger partial charge in [-0.05, 0) is 89.6 Å². The molecular formula is C60H36N8O2S2. The van der Waals surface area contributed by atoms with Gasteiger partial charge in [0.2, 0.25) is 11.8 Å². The number of hydrogen-bond acceptors (Lipinski definition) is 12.